The van der Waals surface area contributed by atoms with Gasteiger partial charge in [-0.15, -0.1) is 24.0 Å². The van der Waals surface area contributed by atoms with Crippen LogP contribution in [0.4, 0.5) is 0 Å². The zero-order valence-corrected chi connectivity index (χ0v) is 19.6. The first-order chi connectivity index (χ1) is 13.6. The number of aliphatic imine (C=N–C) groups is 1. The minimum atomic E-state index is 0. The molecule has 2 aliphatic rings. The average Bonchev–Trinajstić information content (AvgIpc) is 3.36. The number of benzene rings is 1. The van der Waals surface area contributed by atoms with Gasteiger partial charge in [0.05, 0.1) is 0 Å². The maximum absolute atomic E-state index is 12.4. The monoisotopic (exact) mass is 513 g/mol. The third-order valence-corrected chi connectivity index (χ3v) is 5.46. The van der Waals surface area contributed by atoms with Crippen molar-refractivity contribution >= 4 is 41.8 Å². The van der Waals surface area contributed by atoms with Gasteiger partial charge in [-0.05, 0) is 24.0 Å². The molecule has 0 aliphatic carbocycles. The number of amides is 2. The highest BCUT2D eigenvalue weighted by Crippen LogP contribution is 2.22. The minimum absolute atomic E-state index is 0. The highest BCUT2D eigenvalue weighted by molar-refractivity contribution is 14.0. The van der Waals surface area contributed by atoms with Crippen LogP contribution in [0.5, 0.6) is 0 Å². The van der Waals surface area contributed by atoms with E-state index in [-0.39, 0.29) is 41.8 Å². The average molecular weight is 513 g/mol. The lowest BCUT2D eigenvalue weighted by atomic mass is 10.1. The Morgan fingerprint density at radius 2 is 1.83 bits per heavy atom. The molecule has 29 heavy (non-hydrogen) atoms. The molecule has 0 bridgehead atoms. The number of halogens is 1. The molecule has 1 aromatic rings. The Morgan fingerprint density at radius 3 is 2.45 bits per heavy atom. The molecule has 0 spiro atoms. The Morgan fingerprint density at radius 1 is 1.14 bits per heavy atom. The third-order valence-electron chi connectivity index (χ3n) is 5.46. The van der Waals surface area contributed by atoms with Crippen LogP contribution in [0.25, 0.3) is 0 Å². The molecular formula is C21H32IN5O2. The van der Waals surface area contributed by atoms with Gasteiger partial charge >= 0.3 is 0 Å². The van der Waals surface area contributed by atoms with Crippen molar-refractivity contribution in [1.82, 2.24) is 20.4 Å². The van der Waals surface area contributed by atoms with Crippen molar-refractivity contribution in [2.75, 3.05) is 26.7 Å². The fraction of sp³-hybridized carbons (Fsp3) is 0.571. The van der Waals surface area contributed by atoms with Crippen LogP contribution in [0, 0.1) is 0 Å². The molecule has 8 heteroatoms. The van der Waals surface area contributed by atoms with Crippen LogP contribution in [-0.2, 0) is 22.7 Å². The Hall–Kier alpha value is -1.84. The number of hydrogen-bond donors (Lipinski definition) is 2. The molecule has 7 nitrogen and oxygen atoms in total. The van der Waals surface area contributed by atoms with E-state index in [1.165, 1.54) is 11.1 Å². The SMILES string of the molecule is CCC(=O)N1CCC(NC(=NC)NCCCC(=O)N2Cc3ccccc3C2)C1.I. The second-order valence-corrected chi connectivity index (χ2v) is 7.44. The van der Waals surface area contributed by atoms with Gasteiger partial charge in [-0.3, -0.25) is 14.6 Å². The molecule has 1 unspecified atom stereocenters. The molecule has 2 amide bonds. The predicted molar refractivity (Wildman–Crippen MR) is 125 cm³/mol. The number of hydrogen-bond acceptors (Lipinski definition) is 3. The van der Waals surface area contributed by atoms with Crippen molar-refractivity contribution in [3.05, 3.63) is 35.4 Å². The summed E-state index contributed by atoms with van der Waals surface area (Å²) in [5, 5.41) is 6.66. The summed E-state index contributed by atoms with van der Waals surface area (Å²) in [5.74, 6) is 1.14. The van der Waals surface area contributed by atoms with Gasteiger partial charge < -0.3 is 20.4 Å². The first kappa shape index (κ1) is 23.4. The molecule has 160 valence electrons. The molecular weight excluding hydrogens is 481 g/mol. The van der Waals surface area contributed by atoms with Crippen molar-refractivity contribution < 1.29 is 9.59 Å². The van der Waals surface area contributed by atoms with Gasteiger partial charge in [0.1, 0.15) is 0 Å². The van der Waals surface area contributed by atoms with E-state index >= 15 is 0 Å². The number of likely N-dealkylation sites (tertiary alicyclic amines) is 1. The van der Waals surface area contributed by atoms with Crippen molar-refractivity contribution in [1.29, 1.82) is 0 Å². The molecule has 1 saturated heterocycles. The van der Waals surface area contributed by atoms with Crippen LogP contribution in [0.15, 0.2) is 29.3 Å². The van der Waals surface area contributed by atoms with Crippen LogP contribution in [-0.4, -0.2) is 60.3 Å². The summed E-state index contributed by atoms with van der Waals surface area (Å²) < 4.78 is 0. The number of carbonyl (C=O) groups excluding carboxylic acids is 2. The smallest absolute Gasteiger partial charge is 0.223 e. The lowest BCUT2D eigenvalue weighted by Gasteiger charge is -2.19. The fourth-order valence-corrected chi connectivity index (χ4v) is 3.83. The number of nitrogens with one attached hydrogen (secondary N) is 2. The second-order valence-electron chi connectivity index (χ2n) is 7.44. The van der Waals surface area contributed by atoms with Crippen LogP contribution in [0.2, 0.25) is 0 Å². The summed E-state index contributed by atoms with van der Waals surface area (Å²) >= 11 is 0. The first-order valence-electron chi connectivity index (χ1n) is 10.2. The van der Waals surface area contributed by atoms with E-state index in [1.54, 1.807) is 7.05 Å². The van der Waals surface area contributed by atoms with Gasteiger partial charge in [0, 0.05) is 58.7 Å². The van der Waals surface area contributed by atoms with E-state index in [0.717, 1.165) is 45.0 Å². The standard InChI is InChI=1S/C21H31N5O2.HI/c1-3-19(27)25-12-10-18(15-25)24-21(22-2)23-11-6-9-20(28)26-13-16-7-4-5-8-17(16)14-26;/h4-5,7-8,18H,3,6,9-15H2,1-2H3,(H2,22,23,24);1H. The summed E-state index contributed by atoms with van der Waals surface area (Å²) in [7, 11) is 1.74. The van der Waals surface area contributed by atoms with Crippen LogP contribution in [0.1, 0.15) is 43.7 Å². The lowest BCUT2D eigenvalue weighted by molar-refractivity contribution is -0.132. The number of nitrogens with zero attached hydrogens (tertiary/aromatic N) is 3. The van der Waals surface area contributed by atoms with Crippen molar-refractivity contribution in [2.45, 2.75) is 51.7 Å². The summed E-state index contributed by atoms with van der Waals surface area (Å²) in [5.41, 5.74) is 2.51. The number of rotatable bonds is 6. The highest BCUT2D eigenvalue weighted by Gasteiger charge is 2.26. The molecule has 0 aromatic heterocycles. The molecule has 2 N–H and O–H groups in total. The van der Waals surface area contributed by atoms with Gasteiger partial charge in [-0.2, -0.15) is 0 Å². The van der Waals surface area contributed by atoms with E-state index in [1.807, 2.05) is 28.9 Å². The normalized spacial score (nSPS) is 18.3. The Kier molecular flexibility index (Phi) is 9.19. The predicted octanol–water partition coefficient (Wildman–Crippen LogP) is 2.10. The van der Waals surface area contributed by atoms with Crippen molar-refractivity contribution in [2.24, 2.45) is 4.99 Å². The topological polar surface area (TPSA) is 77.0 Å². The molecule has 1 fully saturated rings. The van der Waals surface area contributed by atoms with E-state index in [9.17, 15) is 9.59 Å². The van der Waals surface area contributed by atoms with Gasteiger partial charge in [-0.25, -0.2) is 0 Å². The van der Waals surface area contributed by atoms with Gasteiger partial charge in [0.2, 0.25) is 11.8 Å². The number of fused-ring (bicyclic) bond motifs is 1. The summed E-state index contributed by atoms with van der Waals surface area (Å²) in [6.07, 6.45) is 2.77. The largest absolute Gasteiger partial charge is 0.356 e. The second kappa shape index (κ2) is 11.4. The van der Waals surface area contributed by atoms with Crippen LogP contribution in [0.3, 0.4) is 0 Å². The summed E-state index contributed by atoms with van der Waals surface area (Å²) in [6, 6.07) is 8.47. The minimum Gasteiger partial charge on any atom is -0.356 e. The van der Waals surface area contributed by atoms with E-state index in [0.29, 0.717) is 19.4 Å². The highest BCUT2D eigenvalue weighted by atomic mass is 127. The van der Waals surface area contributed by atoms with Gasteiger partial charge in [0.25, 0.3) is 0 Å². The van der Waals surface area contributed by atoms with Crippen molar-refractivity contribution in [3.8, 4) is 0 Å². The van der Waals surface area contributed by atoms with Gasteiger partial charge in [-0.1, -0.05) is 31.2 Å². The van der Waals surface area contributed by atoms with E-state index in [4.69, 9.17) is 0 Å². The Balaban J connectivity index is 0.00000300. The summed E-state index contributed by atoms with van der Waals surface area (Å²) in [4.78, 5) is 32.3. The lowest BCUT2D eigenvalue weighted by Crippen LogP contribution is -2.45. The first-order valence-corrected chi connectivity index (χ1v) is 10.2. The Labute approximate surface area is 190 Å². The molecule has 0 saturated carbocycles. The maximum atomic E-state index is 12.4. The van der Waals surface area contributed by atoms with E-state index < -0.39 is 0 Å². The number of carbonyl (C=O) groups is 2. The third kappa shape index (κ3) is 6.32. The van der Waals surface area contributed by atoms with Gasteiger partial charge in [0.15, 0.2) is 5.96 Å². The summed E-state index contributed by atoms with van der Waals surface area (Å²) in [6.45, 7) is 5.55. The quantitative estimate of drug-likeness (QED) is 0.265. The zero-order valence-electron chi connectivity index (χ0n) is 17.3. The molecule has 1 atom stereocenters. The Bertz CT molecular complexity index is 715. The van der Waals surface area contributed by atoms with Crippen LogP contribution < -0.4 is 10.6 Å². The molecule has 2 heterocycles. The van der Waals surface area contributed by atoms with E-state index in [2.05, 4.69) is 27.8 Å². The molecule has 1 aromatic carbocycles. The molecule has 2 aliphatic heterocycles. The number of guanidine groups is 1. The van der Waals surface area contributed by atoms with Crippen molar-refractivity contribution in [3.63, 3.8) is 0 Å². The molecule has 0 radical (unpaired) electrons. The zero-order chi connectivity index (χ0) is 19.9. The molecule has 3 rings (SSSR count). The maximum Gasteiger partial charge on any atom is 0.223 e. The fourth-order valence-electron chi connectivity index (χ4n) is 3.83. The van der Waals surface area contributed by atoms with Crippen LogP contribution >= 0.6 is 24.0 Å².